The summed E-state index contributed by atoms with van der Waals surface area (Å²) in [5.41, 5.74) is 2.05. The zero-order valence-electron chi connectivity index (χ0n) is 18.0. The molecule has 4 aromatic rings. The molecule has 4 rings (SSSR count). The van der Waals surface area contributed by atoms with Crippen molar-refractivity contribution >= 4 is 52.2 Å². The largest absolute Gasteiger partial charge is 0.487 e. The van der Waals surface area contributed by atoms with E-state index < -0.39 is 4.92 Å². The molecule has 0 radical (unpaired) electrons. The fourth-order valence-corrected chi connectivity index (χ4v) is 3.71. The quantitative estimate of drug-likeness (QED) is 0.203. The summed E-state index contributed by atoms with van der Waals surface area (Å²) in [7, 11) is 0. The number of nitro groups is 1. The molecule has 0 unspecified atom stereocenters. The molecular formula is C24H17Cl3N4O4. The number of nitro benzene ring substituents is 1. The van der Waals surface area contributed by atoms with Gasteiger partial charge in [0.1, 0.15) is 12.4 Å². The zero-order chi connectivity index (χ0) is 24.9. The number of hydrogen-bond acceptors (Lipinski definition) is 5. The lowest BCUT2D eigenvalue weighted by molar-refractivity contribution is -0.384. The molecule has 0 fully saturated rings. The third-order valence-corrected chi connectivity index (χ3v) is 5.98. The van der Waals surface area contributed by atoms with Crippen LogP contribution in [0.15, 0.2) is 72.9 Å². The molecule has 0 atom stereocenters. The number of non-ortho nitro benzene ring substituents is 1. The van der Waals surface area contributed by atoms with Crippen LogP contribution in [0.4, 0.5) is 11.5 Å². The van der Waals surface area contributed by atoms with Crippen molar-refractivity contribution in [2.75, 3.05) is 5.32 Å². The van der Waals surface area contributed by atoms with Crippen LogP contribution in [0.2, 0.25) is 15.1 Å². The molecular weight excluding hydrogens is 515 g/mol. The summed E-state index contributed by atoms with van der Waals surface area (Å²) < 4.78 is 7.32. The van der Waals surface area contributed by atoms with Crippen LogP contribution >= 0.6 is 34.8 Å². The van der Waals surface area contributed by atoms with Gasteiger partial charge in [-0.25, -0.2) is 0 Å². The Hall–Kier alpha value is -3.59. The van der Waals surface area contributed by atoms with Crippen LogP contribution < -0.4 is 10.1 Å². The molecule has 0 spiro atoms. The number of halogens is 3. The lowest BCUT2D eigenvalue weighted by atomic mass is 10.1. The number of rotatable bonds is 8. The monoisotopic (exact) mass is 530 g/mol. The van der Waals surface area contributed by atoms with E-state index in [1.807, 2.05) is 6.07 Å². The van der Waals surface area contributed by atoms with Gasteiger partial charge in [0, 0.05) is 30.0 Å². The Morgan fingerprint density at radius 1 is 0.943 bits per heavy atom. The number of anilines is 1. The second kappa shape index (κ2) is 10.8. The molecule has 178 valence electrons. The van der Waals surface area contributed by atoms with Crippen molar-refractivity contribution in [2.24, 2.45) is 0 Å². The average molecular weight is 532 g/mol. The standard InChI is InChI=1S/C24H17Cl3N4O4/c25-19-7-3-16(11-20(19)26)13-30-10-9-23(29-30)28-24(32)17-4-1-15(2-5-17)14-35-22-8-6-18(31(33)34)12-21(22)27/h1-12H,13-14H2,(H,28,29,32). The van der Waals surface area contributed by atoms with Gasteiger partial charge in [0.2, 0.25) is 0 Å². The van der Waals surface area contributed by atoms with E-state index in [0.29, 0.717) is 33.7 Å². The van der Waals surface area contributed by atoms with Gasteiger partial charge in [0.05, 0.1) is 26.5 Å². The van der Waals surface area contributed by atoms with Crippen molar-refractivity contribution < 1.29 is 14.5 Å². The number of nitrogens with one attached hydrogen (secondary N) is 1. The summed E-state index contributed by atoms with van der Waals surface area (Å²) in [6, 6.07) is 17.9. The summed E-state index contributed by atoms with van der Waals surface area (Å²) in [5.74, 6) is 0.432. The van der Waals surface area contributed by atoms with E-state index >= 15 is 0 Å². The van der Waals surface area contributed by atoms with Crippen molar-refractivity contribution in [1.29, 1.82) is 0 Å². The van der Waals surface area contributed by atoms with Crippen LogP contribution in [0.3, 0.4) is 0 Å². The van der Waals surface area contributed by atoms with Crippen molar-refractivity contribution in [3.05, 3.63) is 115 Å². The van der Waals surface area contributed by atoms with E-state index in [2.05, 4.69) is 10.4 Å². The maximum absolute atomic E-state index is 12.6. The van der Waals surface area contributed by atoms with Gasteiger partial charge in [-0.05, 0) is 41.5 Å². The Kier molecular flexibility index (Phi) is 7.55. The summed E-state index contributed by atoms with van der Waals surface area (Å²) in [5, 5.41) is 19.0. The van der Waals surface area contributed by atoms with Gasteiger partial charge in [0.25, 0.3) is 11.6 Å². The van der Waals surface area contributed by atoms with Crippen LogP contribution in [-0.2, 0) is 13.2 Å². The van der Waals surface area contributed by atoms with Crippen LogP contribution in [0.25, 0.3) is 0 Å². The van der Waals surface area contributed by atoms with Gasteiger partial charge < -0.3 is 10.1 Å². The molecule has 1 N–H and O–H groups in total. The van der Waals surface area contributed by atoms with Crippen molar-refractivity contribution in [3.8, 4) is 5.75 Å². The fraction of sp³-hybridized carbons (Fsp3) is 0.0833. The Morgan fingerprint density at radius 2 is 1.69 bits per heavy atom. The molecule has 11 heteroatoms. The van der Waals surface area contributed by atoms with Gasteiger partial charge in [0.15, 0.2) is 5.82 Å². The third kappa shape index (κ3) is 6.30. The number of amides is 1. The van der Waals surface area contributed by atoms with Crippen LogP contribution in [0.5, 0.6) is 5.75 Å². The van der Waals surface area contributed by atoms with Crippen LogP contribution in [0, 0.1) is 10.1 Å². The first-order valence-corrected chi connectivity index (χ1v) is 11.4. The van der Waals surface area contributed by atoms with Gasteiger partial charge in [-0.3, -0.25) is 19.6 Å². The highest BCUT2D eigenvalue weighted by Crippen LogP contribution is 2.29. The van der Waals surface area contributed by atoms with E-state index in [9.17, 15) is 14.9 Å². The number of ether oxygens (including phenoxy) is 1. The zero-order valence-corrected chi connectivity index (χ0v) is 20.2. The van der Waals surface area contributed by atoms with Gasteiger partial charge in [-0.1, -0.05) is 53.0 Å². The molecule has 0 bridgehead atoms. The number of nitrogens with zero attached hydrogens (tertiary/aromatic N) is 3. The highest BCUT2D eigenvalue weighted by Gasteiger charge is 2.12. The van der Waals surface area contributed by atoms with E-state index in [-0.39, 0.29) is 23.2 Å². The van der Waals surface area contributed by atoms with E-state index in [1.54, 1.807) is 53.3 Å². The first-order chi connectivity index (χ1) is 16.8. The number of carbonyl (C=O) groups excluding carboxylic acids is 1. The molecule has 0 aliphatic rings. The van der Waals surface area contributed by atoms with Crippen molar-refractivity contribution in [1.82, 2.24) is 9.78 Å². The van der Waals surface area contributed by atoms with Crippen molar-refractivity contribution in [2.45, 2.75) is 13.2 Å². The Labute approximate surface area is 215 Å². The second-order valence-electron chi connectivity index (χ2n) is 7.46. The lowest BCUT2D eigenvalue weighted by Gasteiger charge is -2.09. The summed E-state index contributed by atoms with van der Waals surface area (Å²) in [6.07, 6.45) is 1.75. The Morgan fingerprint density at radius 3 is 2.37 bits per heavy atom. The number of hydrogen-bond donors (Lipinski definition) is 1. The highest BCUT2D eigenvalue weighted by molar-refractivity contribution is 6.42. The van der Waals surface area contributed by atoms with E-state index in [1.165, 1.54) is 18.2 Å². The fourth-order valence-electron chi connectivity index (χ4n) is 3.16. The topological polar surface area (TPSA) is 99.3 Å². The van der Waals surface area contributed by atoms with Crippen molar-refractivity contribution in [3.63, 3.8) is 0 Å². The molecule has 0 saturated heterocycles. The normalized spacial score (nSPS) is 10.7. The average Bonchev–Trinajstić information content (AvgIpc) is 3.27. The predicted octanol–water partition coefficient (Wildman–Crippen LogP) is 6.63. The minimum Gasteiger partial charge on any atom is -0.487 e. The first-order valence-electron chi connectivity index (χ1n) is 10.2. The number of benzene rings is 3. The molecule has 3 aromatic carbocycles. The molecule has 1 heterocycles. The molecule has 1 aromatic heterocycles. The lowest BCUT2D eigenvalue weighted by Crippen LogP contribution is -2.13. The maximum Gasteiger partial charge on any atom is 0.271 e. The summed E-state index contributed by atoms with van der Waals surface area (Å²) in [4.78, 5) is 22.9. The second-order valence-corrected chi connectivity index (χ2v) is 8.68. The summed E-state index contributed by atoms with van der Waals surface area (Å²) >= 11 is 18.0. The predicted molar refractivity (Wildman–Crippen MR) is 135 cm³/mol. The molecule has 0 aliphatic carbocycles. The van der Waals surface area contributed by atoms with E-state index in [0.717, 1.165) is 11.1 Å². The number of carbonyl (C=O) groups is 1. The molecule has 0 saturated carbocycles. The summed E-state index contributed by atoms with van der Waals surface area (Å²) in [6.45, 7) is 0.652. The Balaban J connectivity index is 1.33. The smallest absolute Gasteiger partial charge is 0.271 e. The van der Waals surface area contributed by atoms with Crippen LogP contribution in [0.1, 0.15) is 21.5 Å². The molecule has 8 nitrogen and oxygen atoms in total. The maximum atomic E-state index is 12.6. The van der Waals surface area contributed by atoms with Gasteiger partial charge in [-0.15, -0.1) is 0 Å². The molecule has 1 amide bonds. The minimum absolute atomic E-state index is 0.114. The minimum atomic E-state index is -0.528. The molecule has 35 heavy (non-hydrogen) atoms. The Bertz CT molecular complexity index is 1390. The van der Waals surface area contributed by atoms with Gasteiger partial charge in [-0.2, -0.15) is 5.10 Å². The highest BCUT2D eigenvalue weighted by atomic mass is 35.5. The SMILES string of the molecule is O=C(Nc1ccn(Cc2ccc(Cl)c(Cl)c2)n1)c1ccc(COc2ccc([N+](=O)[O-])cc2Cl)cc1. The molecule has 0 aliphatic heterocycles. The third-order valence-electron chi connectivity index (χ3n) is 4.95. The van der Waals surface area contributed by atoms with Gasteiger partial charge >= 0.3 is 0 Å². The number of aromatic nitrogens is 2. The van der Waals surface area contributed by atoms with Crippen LogP contribution in [-0.4, -0.2) is 20.6 Å². The first kappa shape index (κ1) is 24.5. The van der Waals surface area contributed by atoms with E-state index in [4.69, 9.17) is 39.5 Å².